The van der Waals surface area contributed by atoms with Gasteiger partial charge in [-0.25, -0.2) is 0 Å². The molecule has 0 aliphatic rings. The van der Waals surface area contributed by atoms with Crippen LogP contribution in [0.2, 0.25) is 0 Å². The molecule has 1 heterocycles. The Balaban J connectivity index is 1.64. The number of methoxy groups -OCH3 is 1. The lowest BCUT2D eigenvalue weighted by Gasteiger charge is -2.10. The lowest BCUT2D eigenvalue weighted by Crippen LogP contribution is -2.08. The molecule has 2 aromatic carbocycles. The van der Waals surface area contributed by atoms with Crippen LogP contribution in [0.1, 0.15) is 11.1 Å². The fraction of sp³-hybridized carbons (Fsp3) is 0.130. The van der Waals surface area contributed by atoms with Crippen molar-refractivity contribution in [1.82, 2.24) is 0 Å². The maximum Gasteiger partial charge on any atom is 0.248 e. The van der Waals surface area contributed by atoms with E-state index in [0.717, 1.165) is 21.9 Å². The van der Waals surface area contributed by atoms with Crippen molar-refractivity contribution in [3.05, 3.63) is 76.5 Å². The Morgan fingerprint density at radius 1 is 1.23 bits per heavy atom. The minimum absolute atomic E-state index is 0.0578. The molecule has 0 spiro atoms. The highest BCUT2D eigenvalue weighted by Crippen LogP contribution is 2.31. The molecule has 0 saturated heterocycles. The molecule has 1 N–H and O–H groups in total. The van der Waals surface area contributed by atoms with Gasteiger partial charge < -0.3 is 14.8 Å². The van der Waals surface area contributed by atoms with E-state index < -0.39 is 0 Å². The molecule has 7 heteroatoms. The molecular weight excluding hydrogens is 416 g/mol. The van der Waals surface area contributed by atoms with Crippen molar-refractivity contribution in [2.24, 2.45) is 0 Å². The van der Waals surface area contributed by atoms with Gasteiger partial charge in [0.25, 0.3) is 0 Å². The lowest BCUT2D eigenvalue weighted by atomic mass is 10.2. The number of benzene rings is 2. The zero-order chi connectivity index (χ0) is 21.2. The standard InChI is InChI=1S/C23H20N2O3S2/c1-27-21-14-17(6-8-20(21)28-12-11-24)7-9-23(26)25-19-4-2-3-5-22(19)30-16-18-10-13-29-15-18/h2-10,13-15H,12,16H2,1H3,(H,25,26)/b9-7+. The van der Waals surface area contributed by atoms with Crippen LogP contribution in [0.15, 0.2) is 70.3 Å². The molecular formula is C23H20N2O3S2. The van der Waals surface area contributed by atoms with Gasteiger partial charge in [-0.15, -0.1) is 11.8 Å². The number of thiophene rings is 1. The second kappa shape index (κ2) is 11.1. The van der Waals surface area contributed by atoms with Crippen LogP contribution in [-0.4, -0.2) is 19.6 Å². The fourth-order valence-corrected chi connectivity index (χ4v) is 4.32. The summed E-state index contributed by atoms with van der Waals surface area (Å²) in [5.41, 5.74) is 2.83. The summed E-state index contributed by atoms with van der Waals surface area (Å²) in [6, 6.07) is 17.0. The second-order valence-electron chi connectivity index (χ2n) is 6.10. The summed E-state index contributed by atoms with van der Waals surface area (Å²) in [4.78, 5) is 13.5. The predicted molar refractivity (Wildman–Crippen MR) is 122 cm³/mol. The van der Waals surface area contributed by atoms with Crippen LogP contribution in [0, 0.1) is 11.3 Å². The number of anilines is 1. The number of rotatable bonds is 9. The van der Waals surface area contributed by atoms with Gasteiger partial charge in [0.05, 0.1) is 12.8 Å². The third kappa shape index (κ3) is 6.14. The van der Waals surface area contributed by atoms with Crippen molar-refractivity contribution in [2.75, 3.05) is 19.0 Å². The summed E-state index contributed by atoms with van der Waals surface area (Å²) >= 11 is 3.37. The van der Waals surface area contributed by atoms with Crippen LogP contribution in [0.4, 0.5) is 5.69 Å². The van der Waals surface area contributed by atoms with E-state index in [-0.39, 0.29) is 12.5 Å². The molecule has 0 unspecified atom stereocenters. The average molecular weight is 437 g/mol. The number of thioether (sulfide) groups is 1. The first-order chi connectivity index (χ1) is 14.7. The van der Waals surface area contributed by atoms with Crippen LogP contribution in [0.25, 0.3) is 6.08 Å². The van der Waals surface area contributed by atoms with Gasteiger partial charge in [0.15, 0.2) is 18.1 Å². The van der Waals surface area contributed by atoms with Gasteiger partial charge in [0.2, 0.25) is 5.91 Å². The monoisotopic (exact) mass is 436 g/mol. The molecule has 0 aliphatic carbocycles. The molecule has 30 heavy (non-hydrogen) atoms. The van der Waals surface area contributed by atoms with E-state index in [4.69, 9.17) is 14.7 Å². The molecule has 0 fully saturated rings. The largest absolute Gasteiger partial charge is 0.493 e. The van der Waals surface area contributed by atoms with E-state index in [1.807, 2.05) is 30.3 Å². The molecule has 1 aromatic heterocycles. The van der Waals surface area contributed by atoms with E-state index in [0.29, 0.717) is 11.5 Å². The highest BCUT2D eigenvalue weighted by atomic mass is 32.2. The number of nitriles is 1. The third-order valence-electron chi connectivity index (χ3n) is 4.03. The summed E-state index contributed by atoms with van der Waals surface area (Å²) in [6.07, 6.45) is 3.18. The molecule has 0 saturated carbocycles. The van der Waals surface area contributed by atoms with E-state index in [1.54, 1.807) is 47.4 Å². The summed E-state index contributed by atoms with van der Waals surface area (Å²) < 4.78 is 10.6. The smallest absolute Gasteiger partial charge is 0.248 e. The predicted octanol–water partition coefficient (Wildman–Crippen LogP) is 5.60. The maximum atomic E-state index is 12.4. The fourth-order valence-electron chi connectivity index (χ4n) is 2.60. The van der Waals surface area contributed by atoms with Crippen LogP contribution >= 0.6 is 23.1 Å². The van der Waals surface area contributed by atoms with Crippen molar-refractivity contribution in [1.29, 1.82) is 5.26 Å². The minimum atomic E-state index is -0.220. The molecule has 1 amide bonds. The van der Waals surface area contributed by atoms with Crippen LogP contribution < -0.4 is 14.8 Å². The van der Waals surface area contributed by atoms with Gasteiger partial charge in [-0.3, -0.25) is 4.79 Å². The first kappa shape index (κ1) is 21.5. The van der Waals surface area contributed by atoms with Crippen LogP contribution in [-0.2, 0) is 10.5 Å². The van der Waals surface area contributed by atoms with Crippen molar-refractivity contribution in [3.8, 4) is 17.6 Å². The molecule has 3 aromatic rings. The number of nitrogens with one attached hydrogen (secondary N) is 1. The van der Waals surface area contributed by atoms with E-state index >= 15 is 0 Å². The summed E-state index contributed by atoms with van der Waals surface area (Å²) in [5, 5.41) is 15.8. The minimum Gasteiger partial charge on any atom is -0.493 e. The third-order valence-corrected chi connectivity index (χ3v) is 5.90. The molecule has 0 aliphatic heterocycles. The molecule has 152 valence electrons. The molecule has 0 atom stereocenters. The number of ether oxygens (including phenoxy) is 2. The van der Waals surface area contributed by atoms with Gasteiger partial charge in [-0.2, -0.15) is 16.6 Å². The number of hydrogen-bond acceptors (Lipinski definition) is 6. The maximum absolute atomic E-state index is 12.4. The van der Waals surface area contributed by atoms with Crippen molar-refractivity contribution in [2.45, 2.75) is 10.6 Å². The molecule has 0 radical (unpaired) electrons. The Morgan fingerprint density at radius 2 is 2.10 bits per heavy atom. The second-order valence-corrected chi connectivity index (χ2v) is 7.89. The number of carbonyl (C=O) groups is 1. The summed E-state index contributed by atoms with van der Waals surface area (Å²) in [7, 11) is 1.53. The van der Waals surface area contributed by atoms with E-state index in [2.05, 4.69) is 22.1 Å². The van der Waals surface area contributed by atoms with Crippen LogP contribution in [0.3, 0.4) is 0 Å². The highest BCUT2D eigenvalue weighted by Gasteiger charge is 2.07. The van der Waals surface area contributed by atoms with Gasteiger partial charge in [0, 0.05) is 16.7 Å². The van der Waals surface area contributed by atoms with Gasteiger partial charge >= 0.3 is 0 Å². The van der Waals surface area contributed by atoms with Crippen molar-refractivity contribution < 1.29 is 14.3 Å². The number of carbonyl (C=O) groups excluding carboxylic acids is 1. The van der Waals surface area contributed by atoms with Crippen LogP contribution in [0.5, 0.6) is 11.5 Å². The quantitative estimate of drug-likeness (QED) is 0.349. The Bertz CT molecular complexity index is 1060. The first-order valence-electron chi connectivity index (χ1n) is 9.09. The van der Waals surface area contributed by atoms with Crippen molar-refractivity contribution >= 4 is 40.8 Å². The topological polar surface area (TPSA) is 71.3 Å². The number of hydrogen-bond donors (Lipinski definition) is 1. The van der Waals surface area contributed by atoms with Gasteiger partial charge in [-0.05, 0) is 58.3 Å². The Morgan fingerprint density at radius 3 is 2.87 bits per heavy atom. The van der Waals surface area contributed by atoms with E-state index in [9.17, 15) is 4.79 Å². The van der Waals surface area contributed by atoms with Gasteiger partial charge in [-0.1, -0.05) is 18.2 Å². The molecule has 5 nitrogen and oxygen atoms in total. The first-order valence-corrected chi connectivity index (χ1v) is 11.0. The zero-order valence-electron chi connectivity index (χ0n) is 16.3. The Labute approximate surface area is 184 Å². The molecule has 3 rings (SSSR count). The normalized spacial score (nSPS) is 10.5. The number of nitrogens with zero attached hydrogens (tertiary/aromatic N) is 1. The van der Waals surface area contributed by atoms with Crippen molar-refractivity contribution in [3.63, 3.8) is 0 Å². The van der Waals surface area contributed by atoms with E-state index in [1.165, 1.54) is 18.7 Å². The Hall–Kier alpha value is -3.21. The lowest BCUT2D eigenvalue weighted by molar-refractivity contribution is -0.111. The summed E-state index contributed by atoms with van der Waals surface area (Å²) in [5.74, 6) is 1.62. The summed E-state index contributed by atoms with van der Waals surface area (Å²) in [6.45, 7) is -0.0578. The SMILES string of the molecule is COc1cc(/C=C/C(=O)Nc2ccccc2SCc2ccsc2)ccc1OCC#N. The van der Waals surface area contributed by atoms with Gasteiger partial charge in [0.1, 0.15) is 6.07 Å². The molecule has 0 bridgehead atoms. The number of amides is 1. The zero-order valence-corrected chi connectivity index (χ0v) is 18.0. The number of para-hydroxylation sites is 1. The Kier molecular flexibility index (Phi) is 7.95. The average Bonchev–Trinajstić information content (AvgIpc) is 3.29. The highest BCUT2D eigenvalue weighted by molar-refractivity contribution is 7.98.